The van der Waals surface area contributed by atoms with Crippen LogP contribution in [0.5, 0.6) is 0 Å². The zero-order valence-corrected chi connectivity index (χ0v) is 15.5. The number of hydrogen-bond acceptors (Lipinski definition) is 3. The number of nitrogens with zero attached hydrogens (tertiary/aromatic N) is 1. The van der Waals surface area contributed by atoms with E-state index in [0.29, 0.717) is 25.2 Å². The van der Waals surface area contributed by atoms with E-state index < -0.39 is 5.54 Å². The number of halogens is 1. The smallest absolute Gasteiger partial charge is 0.253 e. The molecule has 1 heterocycles. The van der Waals surface area contributed by atoms with Crippen LogP contribution in [-0.2, 0) is 4.79 Å². The molecular formula is C18H28ClN3O2. The highest BCUT2D eigenvalue weighted by Gasteiger charge is 2.31. The molecule has 0 saturated carbocycles. The van der Waals surface area contributed by atoms with E-state index in [1.165, 1.54) is 0 Å². The Kier molecular flexibility index (Phi) is 7.24. The normalized spacial score (nSPS) is 17.8. The fourth-order valence-electron chi connectivity index (χ4n) is 2.74. The first kappa shape index (κ1) is 20.5. The Labute approximate surface area is 150 Å². The molecule has 1 aliphatic rings. The highest BCUT2D eigenvalue weighted by atomic mass is 35.5. The van der Waals surface area contributed by atoms with Crippen molar-refractivity contribution in [1.82, 2.24) is 10.2 Å². The SMILES string of the molecule is Cc1ccc(C(=O)N2CCCC(C(=O)NC(C)(C)CN)C2)cc1.Cl. The van der Waals surface area contributed by atoms with Crippen LogP contribution in [-0.4, -0.2) is 41.9 Å². The van der Waals surface area contributed by atoms with Gasteiger partial charge in [-0.1, -0.05) is 17.7 Å². The zero-order valence-electron chi connectivity index (χ0n) is 14.7. The van der Waals surface area contributed by atoms with Crippen molar-refractivity contribution in [3.63, 3.8) is 0 Å². The van der Waals surface area contributed by atoms with Crippen LogP contribution in [0.15, 0.2) is 24.3 Å². The molecule has 0 aliphatic carbocycles. The van der Waals surface area contributed by atoms with Crippen molar-refractivity contribution in [3.05, 3.63) is 35.4 Å². The molecule has 3 N–H and O–H groups in total. The molecule has 134 valence electrons. The second-order valence-electron chi connectivity index (χ2n) is 7.03. The van der Waals surface area contributed by atoms with Crippen LogP contribution in [0.4, 0.5) is 0 Å². The van der Waals surface area contributed by atoms with E-state index in [0.717, 1.165) is 18.4 Å². The number of carbonyl (C=O) groups excluding carboxylic acids is 2. The summed E-state index contributed by atoms with van der Waals surface area (Å²) in [4.78, 5) is 26.8. The van der Waals surface area contributed by atoms with Gasteiger partial charge in [-0.05, 0) is 45.7 Å². The standard InChI is InChI=1S/C18H27N3O2.ClH/c1-13-6-8-14(9-7-13)17(23)21-10-4-5-15(11-21)16(22)20-18(2,3)12-19;/h6-9,15H,4-5,10-12,19H2,1-3H3,(H,20,22);1H. The maximum Gasteiger partial charge on any atom is 0.253 e. The number of piperidine rings is 1. The Bertz CT molecular complexity index is 572. The van der Waals surface area contributed by atoms with Crippen LogP contribution >= 0.6 is 12.4 Å². The molecule has 1 fully saturated rings. The van der Waals surface area contributed by atoms with Gasteiger partial charge in [-0.3, -0.25) is 9.59 Å². The van der Waals surface area contributed by atoms with Crippen molar-refractivity contribution in [2.24, 2.45) is 11.7 Å². The molecule has 1 aliphatic heterocycles. The Balaban J connectivity index is 0.00000288. The van der Waals surface area contributed by atoms with E-state index in [4.69, 9.17) is 5.73 Å². The fourth-order valence-corrected chi connectivity index (χ4v) is 2.74. The third kappa shape index (κ3) is 5.21. The van der Waals surface area contributed by atoms with Gasteiger partial charge in [0.15, 0.2) is 0 Å². The molecule has 6 heteroatoms. The minimum atomic E-state index is -0.416. The second kappa shape index (κ2) is 8.49. The molecule has 5 nitrogen and oxygen atoms in total. The lowest BCUT2D eigenvalue weighted by atomic mass is 9.94. The van der Waals surface area contributed by atoms with E-state index in [-0.39, 0.29) is 30.1 Å². The van der Waals surface area contributed by atoms with Gasteiger partial charge in [0.1, 0.15) is 0 Å². The van der Waals surface area contributed by atoms with E-state index in [1.54, 1.807) is 4.90 Å². The average molecular weight is 354 g/mol. The average Bonchev–Trinajstić information content (AvgIpc) is 2.54. The lowest BCUT2D eigenvalue weighted by Crippen LogP contribution is -2.53. The summed E-state index contributed by atoms with van der Waals surface area (Å²) in [6, 6.07) is 7.56. The first-order valence-corrected chi connectivity index (χ1v) is 8.20. The van der Waals surface area contributed by atoms with Crippen LogP contribution in [0, 0.1) is 12.8 Å². The molecule has 24 heavy (non-hydrogen) atoms. The summed E-state index contributed by atoms with van der Waals surface area (Å²) in [5.41, 5.74) is 7.06. The van der Waals surface area contributed by atoms with Crippen molar-refractivity contribution in [2.45, 2.75) is 39.2 Å². The predicted molar refractivity (Wildman–Crippen MR) is 98.3 cm³/mol. The first-order valence-electron chi connectivity index (χ1n) is 8.20. The van der Waals surface area contributed by atoms with E-state index in [9.17, 15) is 9.59 Å². The van der Waals surface area contributed by atoms with Gasteiger partial charge in [0.25, 0.3) is 5.91 Å². The van der Waals surface area contributed by atoms with Crippen LogP contribution in [0.3, 0.4) is 0 Å². The Morgan fingerprint density at radius 2 is 1.92 bits per heavy atom. The van der Waals surface area contributed by atoms with Crippen molar-refractivity contribution in [1.29, 1.82) is 0 Å². The predicted octanol–water partition coefficient (Wildman–Crippen LogP) is 2.12. The lowest BCUT2D eigenvalue weighted by molar-refractivity contribution is -0.127. The minimum absolute atomic E-state index is 0. The van der Waals surface area contributed by atoms with E-state index in [2.05, 4.69) is 5.32 Å². The molecule has 1 saturated heterocycles. The van der Waals surface area contributed by atoms with Crippen molar-refractivity contribution < 1.29 is 9.59 Å². The summed E-state index contributed by atoms with van der Waals surface area (Å²) in [6.45, 7) is 7.37. The largest absolute Gasteiger partial charge is 0.350 e. The number of likely N-dealkylation sites (tertiary alicyclic amines) is 1. The molecule has 1 unspecified atom stereocenters. The molecule has 2 amide bonds. The molecule has 0 aromatic heterocycles. The molecule has 1 atom stereocenters. The number of rotatable bonds is 4. The van der Waals surface area contributed by atoms with Crippen molar-refractivity contribution in [2.75, 3.05) is 19.6 Å². The van der Waals surface area contributed by atoms with Gasteiger partial charge in [-0.15, -0.1) is 12.4 Å². The van der Waals surface area contributed by atoms with Gasteiger partial charge in [0.2, 0.25) is 5.91 Å². The molecular weight excluding hydrogens is 326 g/mol. The summed E-state index contributed by atoms with van der Waals surface area (Å²) in [5, 5.41) is 2.98. The number of carbonyl (C=O) groups is 2. The molecule has 2 rings (SSSR count). The minimum Gasteiger partial charge on any atom is -0.350 e. The Hall–Kier alpha value is -1.59. The molecule has 1 aromatic rings. The molecule has 0 bridgehead atoms. The fraction of sp³-hybridized carbons (Fsp3) is 0.556. The second-order valence-corrected chi connectivity index (χ2v) is 7.03. The number of aryl methyl sites for hydroxylation is 1. The van der Waals surface area contributed by atoms with Gasteiger partial charge >= 0.3 is 0 Å². The summed E-state index contributed by atoms with van der Waals surface area (Å²) in [6.07, 6.45) is 1.66. The van der Waals surface area contributed by atoms with Crippen LogP contribution in [0.1, 0.15) is 42.6 Å². The summed E-state index contributed by atoms with van der Waals surface area (Å²) < 4.78 is 0. The molecule has 0 radical (unpaired) electrons. The maximum absolute atomic E-state index is 12.6. The highest BCUT2D eigenvalue weighted by Crippen LogP contribution is 2.20. The van der Waals surface area contributed by atoms with Crippen molar-refractivity contribution >= 4 is 24.2 Å². The van der Waals surface area contributed by atoms with Crippen LogP contribution in [0.2, 0.25) is 0 Å². The quantitative estimate of drug-likeness (QED) is 0.870. The van der Waals surface area contributed by atoms with Gasteiger partial charge in [-0.25, -0.2) is 0 Å². The van der Waals surface area contributed by atoms with Gasteiger partial charge in [-0.2, -0.15) is 0 Å². The van der Waals surface area contributed by atoms with Gasteiger partial charge < -0.3 is 16.0 Å². The summed E-state index contributed by atoms with van der Waals surface area (Å²) in [5.74, 6) is -0.175. The number of nitrogens with two attached hydrogens (primary N) is 1. The number of hydrogen-bond donors (Lipinski definition) is 2. The third-order valence-corrected chi connectivity index (χ3v) is 4.35. The van der Waals surface area contributed by atoms with Crippen LogP contribution in [0.25, 0.3) is 0 Å². The molecule has 0 spiro atoms. The van der Waals surface area contributed by atoms with Gasteiger partial charge in [0.05, 0.1) is 5.92 Å². The Morgan fingerprint density at radius 3 is 2.50 bits per heavy atom. The molecule has 1 aromatic carbocycles. The summed E-state index contributed by atoms with van der Waals surface area (Å²) in [7, 11) is 0. The van der Waals surface area contributed by atoms with Gasteiger partial charge in [0, 0.05) is 30.7 Å². The number of amides is 2. The summed E-state index contributed by atoms with van der Waals surface area (Å²) >= 11 is 0. The van der Waals surface area contributed by atoms with Crippen LogP contribution < -0.4 is 11.1 Å². The monoisotopic (exact) mass is 353 g/mol. The Morgan fingerprint density at radius 1 is 1.29 bits per heavy atom. The zero-order chi connectivity index (χ0) is 17.0. The topological polar surface area (TPSA) is 75.4 Å². The first-order chi connectivity index (χ1) is 10.8. The number of benzene rings is 1. The van der Waals surface area contributed by atoms with E-state index >= 15 is 0 Å². The van der Waals surface area contributed by atoms with E-state index in [1.807, 2.05) is 45.0 Å². The lowest BCUT2D eigenvalue weighted by Gasteiger charge is -2.34. The maximum atomic E-state index is 12.6. The third-order valence-electron chi connectivity index (χ3n) is 4.35. The number of nitrogens with one attached hydrogen (secondary N) is 1. The highest BCUT2D eigenvalue weighted by molar-refractivity contribution is 5.94. The van der Waals surface area contributed by atoms with Crippen molar-refractivity contribution in [3.8, 4) is 0 Å².